The highest BCUT2D eigenvalue weighted by molar-refractivity contribution is 6.04. The van der Waals surface area contributed by atoms with Gasteiger partial charge in [-0.1, -0.05) is 18.7 Å². The third-order valence-corrected chi connectivity index (χ3v) is 6.07. The van der Waals surface area contributed by atoms with Crippen LogP contribution in [0.25, 0.3) is 22.0 Å². The van der Waals surface area contributed by atoms with Crippen LogP contribution < -0.4 is 5.32 Å². The Bertz CT molecular complexity index is 1380. The van der Waals surface area contributed by atoms with Gasteiger partial charge in [-0.3, -0.25) is 9.59 Å². The van der Waals surface area contributed by atoms with Crippen molar-refractivity contribution >= 4 is 28.4 Å². The SMILES string of the molecule is C=CC(=O)N1CCC(c2cc(-c3ccc(C(=O)Nc4ccnnc4)cc3)cc3cncnc23)C1.[HH]. The largest absolute Gasteiger partial charge is 0.339 e. The van der Waals surface area contributed by atoms with Crippen molar-refractivity contribution in [3.63, 3.8) is 0 Å². The molecule has 2 aromatic carbocycles. The van der Waals surface area contributed by atoms with E-state index in [1.54, 1.807) is 24.5 Å². The smallest absolute Gasteiger partial charge is 0.255 e. The van der Waals surface area contributed by atoms with Crippen LogP contribution in [0.2, 0.25) is 0 Å². The van der Waals surface area contributed by atoms with E-state index in [1.165, 1.54) is 18.5 Å². The first kappa shape index (κ1) is 21.4. The minimum atomic E-state index is -0.218. The van der Waals surface area contributed by atoms with Gasteiger partial charge in [-0.15, -0.1) is 0 Å². The Kier molecular flexibility index (Phi) is 5.78. The molecule has 2 aromatic heterocycles. The number of anilines is 1. The normalized spacial score (nSPS) is 15.3. The van der Waals surface area contributed by atoms with Gasteiger partial charge in [0.2, 0.25) is 5.91 Å². The molecule has 2 amide bonds. The number of hydrogen-bond acceptors (Lipinski definition) is 6. The van der Waals surface area contributed by atoms with E-state index < -0.39 is 0 Å². The second-order valence-electron chi connectivity index (χ2n) is 8.16. The highest BCUT2D eigenvalue weighted by atomic mass is 16.2. The highest BCUT2D eigenvalue weighted by Gasteiger charge is 2.28. The molecule has 8 heteroatoms. The van der Waals surface area contributed by atoms with Crippen molar-refractivity contribution in [2.75, 3.05) is 18.4 Å². The lowest BCUT2D eigenvalue weighted by molar-refractivity contribution is -0.125. The summed E-state index contributed by atoms with van der Waals surface area (Å²) >= 11 is 0. The van der Waals surface area contributed by atoms with Gasteiger partial charge in [-0.25, -0.2) is 9.97 Å². The van der Waals surface area contributed by atoms with Gasteiger partial charge in [-0.2, -0.15) is 10.2 Å². The van der Waals surface area contributed by atoms with Crippen LogP contribution in [0.3, 0.4) is 0 Å². The molecule has 1 fully saturated rings. The topological polar surface area (TPSA) is 101 Å². The van der Waals surface area contributed by atoms with Gasteiger partial charge in [-0.05, 0) is 59.5 Å². The molecule has 5 rings (SSSR count). The third-order valence-electron chi connectivity index (χ3n) is 6.07. The van der Waals surface area contributed by atoms with Gasteiger partial charge in [0, 0.05) is 37.6 Å². The van der Waals surface area contributed by atoms with Crippen LogP contribution in [0.15, 0.2) is 80.0 Å². The van der Waals surface area contributed by atoms with Crippen molar-refractivity contribution in [3.05, 3.63) is 91.2 Å². The van der Waals surface area contributed by atoms with E-state index in [2.05, 4.69) is 44.2 Å². The number of nitrogens with one attached hydrogen (secondary N) is 1. The Morgan fingerprint density at radius 1 is 1.09 bits per heavy atom. The van der Waals surface area contributed by atoms with Crippen LogP contribution in [0, 0.1) is 0 Å². The molecule has 1 unspecified atom stereocenters. The fourth-order valence-electron chi connectivity index (χ4n) is 4.34. The quantitative estimate of drug-likeness (QED) is 0.458. The number of fused-ring (bicyclic) bond motifs is 1. The van der Waals surface area contributed by atoms with Crippen LogP contribution in [0.4, 0.5) is 5.69 Å². The number of aromatic nitrogens is 4. The van der Waals surface area contributed by atoms with Gasteiger partial charge in [0.15, 0.2) is 0 Å². The number of benzene rings is 2. The zero-order chi connectivity index (χ0) is 23.5. The average molecular weight is 453 g/mol. The molecule has 1 atom stereocenters. The molecule has 0 aliphatic carbocycles. The average Bonchev–Trinajstić information content (AvgIpc) is 3.38. The first-order chi connectivity index (χ1) is 16.6. The van der Waals surface area contributed by atoms with E-state index in [1.807, 2.05) is 23.2 Å². The van der Waals surface area contributed by atoms with Crippen LogP contribution in [0.1, 0.15) is 29.7 Å². The first-order valence-corrected chi connectivity index (χ1v) is 11.0. The second kappa shape index (κ2) is 9.19. The van der Waals surface area contributed by atoms with Crippen LogP contribution in [-0.2, 0) is 4.79 Å². The van der Waals surface area contributed by atoms with E-state index in [0.717, 1.165) is 34.0 Å². The van der Waals surface area contributed by atoms with Crippen molar-refractivity contribution in [2.45, 2.75) is 12.3 Å². The predicted molar refractivity (Wildman–Crippen MR) is 131 cm³/mol. The first-order valence-electron chi connectivity index (χ1n) is 11.0. The molecule has 1 saturated heterocycles. The van der Waals surface area contributed by atoms with Gasteiger partial charge >= 0.3 is 0 Å². The van der Waals surface area contributed by atoms with Crippen molar-refractivity contribution in [3.8, 4) is 11.1 Å². The predicted octanol–water partition coefficient (Wildman–Crippen LogP) is 4.09. The second-order valence-corrected chi connectivity index (χ2v) is 8.16. The van der Waals surface area contributed by atoms with Gasteiger partial charge < -0.3 is 10.2 Å². The zero-order valence-electron chi connectivity index (χ0n) is 18.4. The molecule has 1 aliphatic rings. The molecular formula is C26H24N6O2. The number of amides is 2. The molecule has 0 radical (unpaired) electrons. The number of rotatable bonds is 5. The fraction of sp³-hybridized carbons (Fsp3) is 0.154. The molecule has 3 heterocycles. The summed E-state index contributed by atoms with van der Waals surface area (Å²) in [5.74, 6) is -0.0839. The number of likely N-dealkylation sites (tertiary alicyclic amines) is 1. The third kappa shape index (κ3) is 4.25. The maximum atomic E-state index is 12.6. The van der Waals surface area contributed by atoms with E-state index in [-0.39, 0.29) is 19.2 Å². The van der Waals surface area contributed by atoms with Gasteiger partial charge in [0.25, 0.3) is 5.91 Å². The maximum Gasteiger partial charge on any atom is 0.255 e. The van der Waals surface area contributed by atoms with E-state index in [0.29, 0.717) is 24.3 Å². The Labute approximate surface area is 197 Å². The monoisotopic (exact) mass is 452 g/mol. The maximum absolute atomic E-state index is 12.6. The summed E-state index contributed by atoms with van der Waals surface area (Å²) in [4.78, 5) is 35.2. The molecule has 0 saturated carbocycles. The van der Waals surface area contributed by atoms with E-state index in [9.17, 15) is 9.59 Å². The van der Waals surface area contributed by atoms with Crippen LogP contribution >= 0.6 is 0 Å². The van der Waals surface area contributed by atoms with Gasteiger partial charge in [0.05, 0.1) is 23.6 Å². The Morgan fingerprint density at radius 3 is 2.71 bits per heavy atom. The molecule has 34 heavy (non-hydrogen) atoms. The lowest BCUT2D eigenvalue weighted by Gasteiger charge is -2.17. The van der Waals surface area contributed by atoms with E-state index >= 15 is 0 Å². The fourth-order valence-corrected chi connectivity index (χ4v) is 4.34. The number of carbonyl (C=O) groups is 2. The Balaban J connectivity index is 0.00000289. The molecule has 1 N–H and O–H groups in total. The van der Waals surface area contributed by atoms with Crippen molar-refractivity contribution < 1.29 is 11.0 Å². The van der Waals surface area contributed by atoms with Gasteiger partial charge in [0.1, 0.15) is 6.33 Å². The number of hydrogen-bond donors (Lipinski definition) is 1. The lowest BCUT2D eigenvalue weighted by Crippen LogP contribution is -2.26. The van der Waals surface area contributed by atoms with Crippen LogP contribution in [0.5, 0.6) is 0 Å². The Hall–Kier alpha value is -4.46. The molecule has 1 aliphatic heterocycles. The number of nitrogens with zero attached hydrogens (tertiary/aromatic N) is 5. The molecule has 0 bridgehead atoms. The minimum Gasteiger partial charge on any atom is -0.339 e. The summed E-state index contributed by atoms with van der Waals surface area (Å²) in [6, 6.07) is 13.3. The van der Waals surface area contributed by atoms with Crippen molar-refractivity contribution in [1.82, 2.24) is 25.1 Å². The zero-order valence-corrected chi connectivity index (χ0v) is 18.4. The summed E-state index contributed by atoms with van der Waals surface area (Å²) < 4.78 is 0. The molecule has 8 nitrogen and oxygen atoms in total. The Morgan fingerprint density at radius 2 is 1.94 bits per heavy atom. The molecular weight excluding hydrogens is 428 g/mol. The van der Waals surface area contributed by atoms with E-state index in [4.69, 9.17) is 0 Å². The minimum absolute atomic E-state index is 0. The highest BCUT2D eigenvalue weighted by Crippen LogP contribution is 2.35. The summed E-state index contributed by atoms with van der Waals surface area (Å²) in [5, 5.41) is 11.2. The summed E-state index contributed by atoms with van der Waals surface area (Å²) in [7, 11) is 0. The van der Waals surface area contributed by atoms with Crippen molar-refractivity contribution in [2.24, 2.45) is 0 Å². The number of carbonyl (C=O) groups excluding carboxylic acids is 2. The molecule has 170 valence electrons. The molecule has 0 spiro atoms. The molecule has 4 aromatic rings. The summed E-state index contributed by atoms with van der Waals surface area (Å²) in [5.41, 5.74) is 5.12. The lowest BCUT2D eigenvalue weighted by atomic mass is 9.91. The van der Waals surface area contributed by atoms with Crippen molar-refractivity contribution in [1.29, 1.82) is 0 Å². The summed E-state index contributed by atoms with van der Waals surface area (Å²) in [6.45, 7) is 4.94. The standard InChI is InChI=1S/C26H22N6O2.H2/c1-2-24(33)32-10-8-19(15-32)23-12-20(11-21-13-27-16-28-25(21)23)17-3-5-18(6-4-17)26(34)31-22-7-9-29-30-14-22;/h2-7,9,11-14,16,19H,1,8,10,15H2,(H,29,31,34);1H. The summed E-state index contributed by atoms with van der Waals surface area (Å²) in [6.07, 6.45) is 8.61. The van der Waals surface area contributed by atoms with Crippen LogP contribution in [-0.4, -0.2) is 50.0 Å².